The number of hydrogen-bond acceptors (Lipinski definition) is 3. The first kappa shape index (κ1) is 19.4. The largest absolute Gasteiger partial charge is 0.480 e. The van der Waals surface area contributed by atoms with Gasteiger partial charge in [0.05, 0.1) is 11.6 Å². The summed E-state index contributed by atoms with van der Waals surface area (Å²) in [6.45, 7) is 4.60. The highest BCUT2D eigenvalue weighted by molar-refractivity contribution is 6.15. The maximum absolute atomic E-state index is 13.0. The van der Waals surface area contributed by atoms with Crippen molar-refractivity contribution in [2.45, 2.75) is 46.1 Å². The van der Waals surface area contributed by atoms with Gasteiger partial charge in [0.15, 0.2) is 0 Å². The number of nitrogens with zero attached hydrogens (tertiary/aromatic N) is 3. The van der Waals surface area contributed by atoms with Crippen LogP contribution in [0.4, 0.5) is 0 Å². The van der Waals surface area contributed by atoms with Gasteiger partial charge in [0.2, 0.25) is 5.91 Å². The van der Waals surface area contributed by atoms with Crippen molar-refractivity contribution in [1.29, 1.82) is 0 Å². The summed E-state index contributed by atoms with van der Waals surface area (Å²) >= 11 is 0. The van der Waals surface area contributed by atoms with E-state index >= 15 is 0 Å². The number of carbonyl (C=O) groups excluding carboxylic acids is 1. The molecule has 0 radical (unpaired) electrons. The van der Waals surface area contributed by atoms with Gasteiger partial charge in [0, 0.05) is 34.6 Å². The number of allylic oxidation sites excluding steroid dienone is 2. The molecule has 0 unspecified atom stereocenters. The van der Waals surface area contributed by atoms with Crippen molar-refractivity contribution < 1.29 is 14.7 Å². The Labute approximate surface area is 170 Å². The summed E-state index contributed by atoms with van der Waals surface area (Å²) in [5.41, 5.74) is 3.70. The van der Waals surface area contributed by atoms with E-state index in [4.69, 9.17) is 5.10 Å². The van der Waals surface area contributed by atoms with Gasteiger partial charge in [-0.05, 0) is 32.3 Å². The van der Waals surface area contributed by atoms with E-state index < -0.39 is 5.97 Å². The average molecular weight is 393 g/mol. The second-order valence-corrected chi connectivity index (χ2v) is 7.91. The van der Waals surface area contributed by atoms with Crippen LogP contribution in [0.25, 0.3) is 10.9 Å². The molecule has 1 aliphatic carbocycles. The highest BCUT2D eigenvalue weighted by Gasteiger charge is 2.41. The molecule has 29 heavy (non-hydrogen) atoms. The van der Waals surface area contributed by atoms with Crippen LogP contribution in [0.2, 0.25) is 0 Å². The van der Waals surface area contributed by atoms with Crippen molar-refractivity contribution in [1.82, 2.24) is 9.58 Å². The zero-order valence-corrected chi connectivity index (χ0v) is 17.0. The average Bonchev–Trinajstić information content (AvgIpc) is 2.99. The number of carboxylic acid groups (broad SMARTS) is 1. The molecule has 0 saturated carbocycles. The minimum absolute atomic E-state index is 0.0353. The number of amides is 1. The molecule has 0 spiro atoms. The zero-order chi connectivity index (χ0) is 20.5. The van der Waals surface area contributed by atoms with E-state index in [1.807, 2.05) is 35.8 Å². The first-order chi connectivity index (χ1) is 14.0. The Hall–Kier alpha value is -2.89. The van der Waals surface area contributed by atoms with Gasteiger partial charge in [-0.3, -0.25) is 9.59 Å². The molecule has 1 N–H and O–H groups in total. The summed E-state index contributed by atoms with van der Waals surface area (Å²) in [5, 5.41) is 16.9. The molecular weight excluding hydrogens is 366 g/mol. The third kappa shape index (κ3) is 3.37. The van der Waals surface area contributed by atoms with Gasteiger partial charge in [-0.25, -0.2) is 5.01 Å². The highest BCUT2D eigenvalue weighted by Crippen LogP contribution is 2.38. The number of hydrazone groups is 1. The van der Waals surface area contributed by atoms with Crippen LogP contribution in [0.15, 0.2) is 41.5 Å². The Morgan fingerprint density at radius 1 is 1.21 bits per heavy atom. The molecule has 1 aromatic carbocycles. The number of benzene rings is 1. The summed E-state index contributed by atoms with van der Waals surface area (Å²) in [6, 6.07) is 7.88. The number of carboxylic acids is 1. The first-order valence-electron chi connectivity index (χ1n) is 10.4. The van der Waals surface area contributed by atoms with Crippen molar-refractivity contribution in [2.75, 3.05) is 6.54 Å². The van der Waals surface area contributed by atoms with Crippen LogP contribution in [-0.4, -0.2) is 38.8 Å². The Balaban J connectivity index is 1.90. The molecular formula is C23H27N3O3. The molecule has 4 rings (SSSR count). The molecule has 6 heteroatoms. The minimum Gasteiger partial charge on any atom is -0.480 e. The number of para-hydroxylation sites is 1. The normalized spacial score (nSPS) is 21.4. The third-order valence-electron chi connectivity index (χ3n) is 6.09. The van der Waals surface area contributed by atoms with E-state index in [-0.39, 0.29) is 24.3 Å². The Morgan fingerprint density at radius 2 is 1.93 bits per heavy atom. The lowest BCUT2D eigenvalue weighted by atomic mass is 9.76. The molecule has 0 fully saturated rings. The lowest BCUT2D eigenvalue weighted by Crippen LogP contribution is -2.45. The fourth-order valence-electron chi connectivity index (χ4n) is 4.63. The van der Waals surface area contributed by atoms with E-state index in [2.05, 4.69) is 19.1 Å². The maximum Gasteiger partial charge on any atom is 0.323 e. The Morgan fingerprint density at radius 3 is 2.66 bits per heavy atom. The second-order valence-electron chi connectivity index (χ2n) is 7.91. The molecule has 1 amide bonds. The van der Waals surface area contributed by atoms with Crippen molar-refractivity contribution in [2.24, 2.45) is 16.9 Å². The number of unbranched alkanes of at least 4 members (excludes halogenated alkanes) is 1. The number of aliphatic carboxylic acids is 1. The smallest absolute Gasteiger partial charge is 0.323 e. The lowest BCUT2D eigenvalue weighted by Gasteiger charge is -2.37. The first-order valence-corrected chi connectivity index (χ1v) is 10.4. The maximum atomic E-state index is 13.0. The molecule has 0 bridgehead atoms. The van der Waals surface area contributed by atoms with E-state index in [0.29, 0.717) is 6.54 Å². The van der Waals surface area contributed by atoms with E-state index in [1.165, 1.54) is 0 Å². The van der Waals surface area contributed by atoms with Crippen molar-refractivity contribution in [3.63, 3.8) is 0 Å². The predicted molar refractivity (Wildman–Crippen MR) is 113 cm³/mol. The molecule has 2 atom stereocenters. The van der Waals surface area contributed by atoms with Gasteiger partial charge in [0.1, 0.15) is 6.54 Å². The van der Waals surface area contributed by atoms with Gasteiger partial charge >= 0.3 is 5.97 Å². The van der Waals surface area contributed by atoms with Gasteiger partial charge < -0.3 is 9.67 Å². The minimum atomic E-state index is -0.871. The molecule has 1 aromatic heterocycles. The van der Waals surface area contributed by atoms with Crippen LogP contribution in [0.5, 0.6) is 0 Å². The van der Waals surface area contributed by atoms with Crippen LogP contribution in [0.3, 0.4) is 0 Å². The van der Waals surface area contributed by atoms with Gasteiger partial charge in [-0.15, -0.1) is 0 Å². The topological polar surface area (TPSA) is 74.9 Å². The van der Waals surface area contributed by atoms with Crippen LogP contribution in [0.1, 0.15) is 43.9 Å². The zero-order valence-electron chi connectivity index (χ0n) is 17.0. The van der Waals surface area contributed by atoms with Crippen LogP contribution >= 0.6 is 0 Å². The molecule has 2 aromatic rings. The molecule has 1 aliphatic heterocycles. The fourth-order valence-corrected chi connectivity index (χ4v) is 4.63. The third-order valence-corrected chi connectivity index (χ3v) is 6.09. The molecule has 0 saturated heterocycles. The van der Waals surface area contributed by atoms with Gasteiger partial charge in [0.25, 0.3) is 0 Å². The number of hydrogen-bond donors (Lipinski definition) is 1. The van der Waals surface area contributed by atoms with E-state index in [9.17, 15) is 14.7 Å². The van der Waals surface area contributed by atoms with Crippen molar-refractivity contribution in [3.05, 3.63) is 47.7 Å². The Kier molecular flexibility index (Phi) is 5.26. The standard InChI is InChI=1S/C23H27N3O3/c1-3-4-13-26-23(29)17-10-6-5-9-16(17)22(24-26)21-15(2)25(14-20(27)28)19-12-8-7-11-18(19)21/h5-8,11-12,16-17H,3-4,9-10,13-14H2,1-2H3,(H,27,28)/t16-,17+/m0/s1. The summed E-state index contributed by atoms with van der Waals surface area (Å²) in [7, 11) is 0. The summed E-state index contributed by atoms with van der Waals surface area (Å²) in [6.07, 6.45) is 7.67. The summed E-state index contributed by atoms with van der Waals surface area (Å²) < 4.78 is 1.84. The number of rotatable bonds is 6. The highest BCUT2D eigenvalue weighted by atomic mass is 16.4. The van der Waals surface area contributed by atoms with Crippen LogP contribution in [-0.2, 0) is 16.1 Å². The second kappa shape index (κ2) is 7.85. The van der Waals surface area contributed by atoms with Gasteiger partial charge in [-0.2, -0.15) is 5.10 Å². The number of aromatic nitrogens is 1. The van der Waals surface area contributed by atoms with Crippen molar-refractivity contribution >= 4 is 28.5 Å². The van der Waals surface area contributed by atoms with Gasteiger partial charge in [-0.1, -0.05) is 43.7 Å². The van der Waals surface area contributed by atoms with Crippen LogP contribution < -0.4 is 0 Å². The van der Waals surface area contributed by atoms with E-state index in [0.717, 1.165) is 53.6 Å². The number of fused-ring (bicyclic) bond motifs is 2. The predicted octanol–water partition coefficient (Wildman–Crippen LogP) is 3.96. The molecule has 152 valence electrons. The number of carbonyl (C=O) groups is 2. The molecule has 2 heterocycles. The monoisotopic (exact) mass is 393 g/mol. The van der Waals surface area contributed by atoms with Crippen molar-refractivity contribution in [3.8, 4) is 0 Å². The fraction of sp³-hybridized carbons (Fsp3) is 0.435. The Bertz CT molecular complexity index is 1020. The summed E-state index contributed by atoms with van der Waals surface area (Å²) in [5.74, 6) is -0.814. The van der Waals surface area contributed by atoms with Crippen LogP contribution in [0, 0.1) is 18.8 Å². The summed E-state index contributed by atoms with van der Waals surface area (Å²) in [4.78, 5) is 24.5. The SMILES string of the molecule is CCCCN1N=C(c2c(C)n(CC(=O)O)c3ccccc23)[C@H]2CC=CC[C@H]2C1=O. The molecule has 6 nitrogen and oxygen atoms in total. The lowest BCUT2D eigenvalue weighted by molar-refractivity contribution is -0.138. The quantitative estimate of drug-likeness (QED) is 0.755. The van der Waals surface area contributed by atoms with E-state index in [1.54, 1.807) is 5.01 Å². The molecule has 2 aliphatic rings.